The van der Waals surface area contributed by atoms with Gasteiger partial charge < -0.3 is 19.9 Å². The van der Waals surface area contributed by atoms with Gasteiger partial charge in [-0.05, 0) is 88.5 Å². The second-order valence-corrected chi connectivity index (χ2v) is 11.1. The first kappa shape index (κ1) is 30.7. The molecule has 0 spiro atoms. The SMILES string of the molecule is Cc1ccnc(C)c1-c1cncc([C@H](CC(=O)O)NC(=O)C(CC(C)C)n2cc(CCCN(C)C)ccc2=O)c1. The number of amides is 1. The Morgan fingerprint density at radius 1 is 1.12 bits per heavy atom. The van der Waals surface area contributed by atoms with Crippen molar-refractivity contribution >= 4 is 11.9 Å². The molecule has 2 atom stereocenters. The number of carboxylic acid groups (broad SMARTS) is 1. The molecule has 9 nitrogen and oxygen atoms in total. The maximum Gasteiger partial charge on any atom is 0.305 e. The summed E-state index contributed by atoms with van der Waals surface area (Å²) in [6.07, 6.45) is 8.61. The highest BCUT2D eigenvalue weighted by Crippen LogP contribution is 2.29. The van der Waals surface area contributed by atoms with Crippen LogP contribution in [-0.4, -0.2) is 57.1 Å². The number of aryl methyl sites for hydroxylation is 3. The van der Waals surface area contributed by atoms with Crippen LogP contribution in [0.2, 0.25) is 0 Å². The fourth-order valence-electron chi connectivity index (χ4n) is 4.94. The van der Waals surface area contributed by atoms with E-state index in [0.717, 1.165) is 47.3 Å². The number of carbonyl (C=O) groups excluding carboxylic acids is 1. The van der Waals surface area contributed by atoms with Gasteiger partial charge in [-0.2, -0.15) is 0 Å². The average molecular weight is 548 g/mol. The Bertz CT molecular complexity index is 1360. The number of pyridine rings is 3. The molecule has 0 aliphatic carbocycles. The Labute approximate surface area is 236 Å². The van der Waals surface area contributed by atoms with Crippen molar-refractivity contribution in [2.24, 2.45) is 5.92 Å². The van der Waals surface area contributed by atoms with Crippen molar-refractivity contribution in [2.45, 2.75) is 65.5 Å². The minimum Gasteiger partial charge on any atom is -0.481 e. The minimum absolute atomic E-state index is 0.125. The summed E-state index contributed by atoms with van der Waals surface area (Å²) >= 11 is 0. The predicted octanol–water partition coefficient (Wildman–Crippen LogP) is 4.34. The van der Waals surface area contributed by atoms with Crippen molar-refractivity contribution in [3.05, 3.63) is 81.8 Å². The highest BCUT2D eigenvalue weighted by atomic mass is 16.4. The summed E-state index contributed by atoms with van der Waals surface area (Å²) in [5, 5.41) is 12.6. The molecular weight excluding hydrogens is 506 g/mol. The van der Waals surface area contributed by atoms with E-state index in [1.165, 1.54) is 10.6 Å². The fourth-order valence-corrected chi connectivity index (χ4v) is 4.94. The lowest BCUT2D eigenvalue weighted by Gasteiger charge is -2.25. The number of nitrogens with zero attached hydrogens (tertiary/aromatic N) is 4. The van der Waals surface area contributed by atoms with Gasteiger partial charge in [0.1, 0.15) is 6.04 Å². The molecule has 3 heterocycles. The number of hydrogen-bond donors (Lipinski definition) is 2. The van der Waals surface area contributed by atoms with E-state index in [-0.39, 0.29) is 17.9 Å². The van der Waals surface area contributed by atoms with E-state index in [4.69, 9.17) is 0 Å². The molecule has 0 saturated heterocycles. The van der Waals surface area contributed by atoms with Crippen molar-refractivity contribution < 1.29 is 14.7 Å². The molecule has 3 aromatic rings. The first-order chi connectivity index (χ1) is 19.0. The van der Waals surface area contributed by atoms with Crippen LogP contribution in [0.5, 0.6) is 0 Å². The lowest BCUT2D eigenvalue weighted by molar-refractivity contribution is -0.138. The van der Waals surface area contributed by atoms with Crippen LogP contribution >= 0.6 is 0 Å². The van der Waals surface area contributed by atoms with Crippen LogP contribution in [0.4, 0.5) is 0 Å². The van der Waals surface area contributed by atoms with Gasteiger partial charge in [-0.15, -0.1) is 0 Å². The molecule has 2 N–H and O–H groups in total. The van der Waals surface area contributed by atoms with Gasteiger partial charge in [0.05, 0.1) is 12.5 Å². The summed E-state index contributed by atoms with van der Waals surface area (Å²) < 4.78 is 1.50. The summed E-state index contributed by atoms with van der Waals surface area (Å²) in [6.45, 7) is 8.79. The first-order valence-electron chi connectivity index (χ1n) is 13.7. The largest absolute Gasteiger partial charge is 0.481 e. The average Bonchev–Trinajstić information content (AvgIpc) is 2.87. The summed E-state index contributed by atoms with van der Waals surface area (Å²) in [5.74, 6) is -1.32. The van der Waals surface area contributed by atoms with Crippen molar-refractivity contribution in [1.82, 2.24) is 24.8 Å². The maximum atomic E-state index is 13.8. The zero-order chi connectivity index (χ0) is 29.4. The van der Waals surface area contributed by atoms with Gasteiger partial charge in [0.25, 0.3) is 5.56 Å². The third-order valence-electron chi connectivity index (χ3n) is 6.90. The third-order valence-corrected chi connectivity index (χ3v) is 6.90. The zero-order valence-electron chi connectivity index (χ0n) is 24.3. The molecule has 0 radical (unpaired) electrons. The smallest absolute Gasteiger partial charge is 0.305 e. The molecular formula is C31H41N5O4. The Balaban J connectivity index is 1.95. The number of carbonyl (C=O) groups is 2. The van der Waals surface area contributed by atoms with Crippen molar-refractivity contribution in [3.8, 4) is 11.1 Å². The molecule has 1 amide bonds. The van der Waals surface area contributed by atoms with Crippen molar-refractivity contribution in [3.63, 3.8) is 0 Å². The van der Waals surface area contributed by atoms with Gasteiger partial charge in [-0.1, -0.05) is 19.9 Å². The summed E-state index contributed by atoms with van der Waals surface area (Å²) in [6, 6.07) is 5.47. The van der Waals surface area contributed by atoms with Gasteiger partial charge in [0, 0.05) is 47.7 Å². The predicted molar refractivity (Wildman–Crippen MR) is 156 cm³/mol. The molecule has 0 saturated carbocycles. The van der Waals surface area contributed by atoms with Gasteiger partial charge in [0.2, 0.25) is 5.91 Å². The van der Waals surface area contributed by atoms with E-state index in [1.54, 1.807) is 24.8 Å². The highest BCUT2D eigenvalue weighted by Gasteiger charge is 2.27. The molecule has 1 unspecified atom stereocenters. The van der Waals surface area contributed by atoms with Gasteiger partial charge in [-0.25, -0.2) is 0 Å². The molecule has 0 aliphatic heterocycles. The van der Waals surface area contributed by atoms with Crippen LogP contribution in [0.25, 0.3) is 11.1 Å². The van der Waals surface area contributed by atoms with Crippen LogP contribution in [0.3, 0.4) is 0 Å². The van der Waals surface area contributed by atoms with Gasteiger partial charge in [-0.3, -0.25) is 24.4 Å². The Morgan fingerprint density at radius 2 is 1.88 bits per heavy atom. The van der Waals surface area contributed by atoms with E-state index in [0.29, 0.717) is 12.0 Å². The van der Waals surface area contributed by atoms with E-state index in [9.17, 15) is 19.5 Å². The van der Waals surface area contributed by atoms with Crippen LogP contribution in [-0.2, 0) is 16.0 Å². The topological polar surface area (TPSA) is 117 Å². The number of aliphatic carboxylic acids is 1. The zero-order valence-corrected chi connectivity index (χ0v) is 24.3. The van der Waals surface area contributed by atoms with E-state index in [2.05, 4.69) is 20.2 Å². The van der Waals surface area contributed by atoms with Crippen LogP contribution < -0.4 is 10.9 Å². The quantitative estimate of drug-likeness (QED) is 0.327. The number of carboxylic acids is 1. The first-order valence-corrected chi connectivity index (χ1v) is 13.7. The number of hydrogen-bond acceptors (Lipinski definition) is 6. The second kappa shape index (κ2) is 14.0. The molecule has 0 aliphatic rings. The van der Waals surface area contributed by atoms with Crippen molar-refractivity contribution in [2.75, 3.05) is 20.6 Å². The monoisotopic (exact) mass is 547 g/mol. The molecule has 9 heteroatoms. The number of rotatable bonds is 13. The lowest BCUT2D eigenvalue weighted by atomic mass is 9.96. The van der Waals surface area contributed by atoms with Crippen molar-refractivity contribution in [1.29, 1.82) is 0 Å². The number of aromatic nitrogens is 3. The molecule has 3 aromatic heterocycles. The standard InChI is InChI=1S/C31H41N5O4/c1-20(2)14-27(36-19-23(9-10-28(36)37)8-7-13-35(5)6)31(40)34-26(16-29(38)39)24-15-25(18-32-17-24)30-21(3)11-12-33-22(30)4/h9-12,15,17-20,26-27H,7-8,13-14,16H2,1-6H3,(H,34,40)(H,38,39)/t26-,27?/m0/s1. The Morgan fingerprint density at radius 3 is 2.52 bits per heavy atom. The molecule has 0 bridgehead atoms. The molecule has 214 valence electrons. The van der Waals surface area contributed by atoms with Crippen LogP contribution in [0, 0.1) is 19.8 Å². The molecule has 0 aromatic carbocycles. The molecule has 40 heavy (non-hydrogen) atoms. The van der Waals surface area contributed by atoms with Crippen LogP contribution in [0.15, 0.2) is 53.8 Å². The summed E-state index contributed by atoms with van der Waals surface area (Å²) in [5.41, 5.74) is 4.86. The summed E-state index contributed by atoms with van der Waals surface area (Å²) in [4.78, 5) is 49.4. The third kappa shape index (κ3) is 8.32. The van der Waals surface area contributed by atoms with Gasteiger partial charge >= 0.3 is 5.97 Å². The second-order valence-electron chi connectivity index (χ2n) is 11.1. The Kier molecular flexibility index (Phi) is 10.7. The molecule has 3 rings (SSSR count). The normalized spacial score (nSPS) is 12.9. The minimum atomic E-state index is -1.05. The highest BCUT2D eigenvalue weighted by molar-refractivity contribution is 5.82. The van der Waals surface area contributed by atoms with E-state index < -0.39 is 24.0 Å². The lowest BCUT2D eigenvalue weighted by Crippen LogP contribution is -2.40. The molecule has 0 fully saturated rings. The van der Waals surface area contributed by atoms with E-state index >= 15 is 0 Å². The summed E-state index contributed by atoms with van der Waals surface area (Å²) in [7, 11) is 4.03. The Hall–Kier alpha value is -3.85. The maximum absolute atomic E-state index is 13.8. The van der Waals surface area contributed by atoms with Gasteiger partial charge in [0.15, 0.2) is 0 Å². The van der Waals surface area contributed by atoms with E-state index in [1.807, 2.05) is 60.0 Å². The number of nitrogens with one attached hydrogen (secondary N) is 1. The van der Waals surface area contributed by atoms with Crippen LogP contribution in [0.1, 0.15) is 67.6 Å². The fraction of sp³-hybridized carbons (Fsp3) is 0.452.